The molecule has 0 aliphatic rings. The lowest BCUT2D eigenvalue weighted by Crippen LogP contribution is -2.28. The highest BCUT2D eigenvalue weighted by atomic mass is 16.5. The topological polar surface area (TPSA) is 50.3 Å². The Hall–Kier alpha value is -1.36. The van der Waals surface area contributed by atoms with Gasteiger partial charge in [-0.15, -0.1) is 0 Å². The van der Waals surface area contributed by atoms with Gasteiger partial charge in [0.25, 0.3) is 0 Å². The molecule has 0 unspecified atom stereocenters. The number of aromatic nitrogens is 2. The van der Waals surface area contributed by atoms with Gasteiger partial charge >= 0.3 is 0 Å². The van der Waals surface area contributed by atoms with E-state index in [1.165, 1.54) is 0 Å². The fourth-order valence-corrected chi connectivity index (χ4v) is 1.80. The van der Waals surface area contributed by atoms with Crippen LogP contribution in [0.2, 0.25) is 0 Å². The molecule has 0 saturated carbocycles. The standard InChI is InChI=1S/C13H24N4O/c1-6-17(7-2)8-9-18-13-10(3)12(14-5)15-11(4)16-13/h6-9H2,1-5H3,(H,14,15,16). The molecule has 18 heavy (non-hydrogen) atoms. The van der Waals surface area contributed by atoms with Gasteiger partial charge in [-0.05, 0) is 26.9 Å². The summed E-state index contributed by atoms with van der Waals surface area (Å²) in [6.07, 6.45) is 0. The minimum Gasteiger partial charge on any atom is -0.476 e. The van der Waals surface area contributed by atoms with Crippen LogP contribution in [0.3, 0.4) is 0 Å². The molecular formula is C13H24N4O. The van der Waals surface area contributed by atoms with Crippen LogP contribution in [0.5, 0.6) is 5.88 Å². The van der Waals surface area contributed by atoms with Crippen LogP contribution in [0, 0.1) is 13.8 Å². The van der Waals surface area contributed by atoms with Crippen molar-refractivity contribution in [2.45, 2.75) is 27.7 Å². The molecule has 0 bridgehead atoms. The third kappa shape index (κ3) is 3.84. The number of nitrogens with one attached hydrogen (secondary N) is 1. The van der Waals surface area contributed by atoms with Crippen LogP contribution < -0.4 is 10.1 Å². The molecule has 0 fully saturated rings. The van der Waals surface area contributed by atoms with Gasteiger partial charge in [-0.25, -0.2) is 4.98 Å². The molecule has 1 rings (SSSR count). The van der Waals surface area contributed by atoms with E-state index in [9.17, 15) is 0 Å². The largest absolute Gasteiger partial charge is 0.476 e. The van der Waals surface area contributed by atoms with E-state index in [1.54, 1.807) is 0 Å². The minimum absolute atomic E-state index is 0.655. The van der Waals surface area contributed by atoms with Gasteiger partial charge in [0.2, 0.25) is 5.88 Å². The van der Waals surface area contributed by atoms with Crippen LogP contribution in [0.25, 0.3) is 0 Å². The van der Waals surface area contributed by atoms with Gasteiger partial charge in [0.15, 0.2) is 0 Å². The molecule has 0 atom stereocenters. The van der Waals surface area contributed by atoms with Crippen molar-refractivity contribution in [1.29, 1.82) is 0 Å². The molecule has 102 valence electrons. The summed E-state index contributed by atoms with van der Waals surface area (Å²) in [5, 5.41) is 3.06. The fourth-order valence-electron chi connectivity index (χ4n) is 1.80. The van der Waals surface area contributed by atoms with Crippen LogP contribution >= 0.6 is 0 Å². The van der Waals surface area contributed by atoms with Gasteiger partial charge < -0.3 is 15.0 Å². The molecule has 1 aromatic rings. The van der Waals surface area contributed by atoms with Crippen LogP contribution in [0.15, 0.2) is 0 Å². The molecule has 0 saturated heterocycles. The number of ether oxygens (including phenoxy) is 1. The number of anilines is 1. The summed E-state index contributed by atoms with van der Waals surface area (Å²) in [5.74, 6) is 2.24. The van der Waals surface area contributed by atoms with E-state index in [2.05, 4.69) is 34.0 Å². The Labute approximate surface area is 110 Å². The number of hydrogen-bond donors (Lipinski definition) is 1. The maximum atomic E-state index is 5.76. The van der Waals surface area contributed by atoms with E-state index in [4.69, 9.17) is 4.74 Å². The maximum absolute atomic E-state index is 5.76. The van der Waals surface area contributed by atoms with Crippen LogP contribution in [-0.2, 0) is 0 Å². The summed E-state index contributed by atoms with van der Waals surface area (Å²) in [6.45, 7) is 11.8. The van der Waals surface area contributed by atoms with E-state index >= 15 is 0 Å². The SMILES string of the molecule is CCN(CC)CCOc1nc(C)nc(NC)c1C. The van der Waals surface area contributed by atoms with Crippen LogP contribution in [-0.4, -0.2) is 48.2 Å². The van der Waals surface area contributed by atoms with E-state index in [0.717, 1.165) is 36.8 Å². The van der Waals surface area contributed by atoms with Crippen molar-refractivity contribution in [1.82, 2.24) is 14.9 Å². The summed E-state index contributed by atoms with van der Waals surface area (Å²) >= 11 is 0. The fraction of sp³-hybridized carbons (Fsp3) is 0.692. The molecule has 0 amide bonds. The molecule has 1 aromatic heterocycles. The summed E-state index contributed by atoms with van der Waals surface area (Å²) < 4.78 is 5.76. The molecule has 5 heteroatoms. The number of nitrogens with zero attached hydrogens (tertiary/aromatic N) is 3. The molecule has 1 heterocycles. The van der Waals surface area contributed by atoms with Crippen molar-refractivity contribution < 1.29 is 4.74 Å². The predicted molar refractivity (Wildman–Crippen MR) is 74.3 cm³/mol. The van der Waals surface area contributed by atoms with E-state index in [0.29, 0.717) is 12.5 Å². The Morgan fingerprint density at radius 2 is 1.83 bits per heavy atom. The molecule has 0 aliphatic heterocycles. The second-order valence-electron chi connectivity index (χ2n) is 4.17. The van der Waals surface area contributed by atoms with E-state index in [-0.39, 0.29) is 0 Å². The van der Waals surface area contributed by atoms with Gasteiger partial charge in [-0.2, -0.15) is 4.98 Å². The highest BCUT2D eigenvalue weighted by molar-refractivity contribution is 5.47. The Bertz CT molecular complexity index is 377. The Morgan fingerprint density at radius 3 is 2.39 bits per heavy atom. The summed E-state index contributed by atoms with van der Waals surface area (Å²) in [7, 11) is 1.86. The van der Waals surface area contributed by atoms with Gasteiger partial charge in [-0.1, -0.05) is 13.8 Å². The van der Waals surface area contributed by atoms with Crippen molar-refractivity contribution in [3.63, 3.8) is 0 Å². The third-order valence-electron chi connectivity index (χ3n) is 2.99. The zero-order chi connectivity index (χ0) is 13.5. The summed E-state index contributed by atoms with van der Waals surface area (Å²) in [6, 6.07) is 0. The lowest BCUT2D eigenvalue weighted by molar-refractivity contribution is 0.216. The molecule has 0 spiro atoms. The zero-order valence-electron chi connectivity index (χ0n) is 12.1. The van der Waals surface area contributed by atoms with Crippen molar-refractivity contribution in [3.8, 4) is 5.88 Å². The van der Waals surface area contributed by atoms with Gasteiger partial charge in [0, 0.05) is 13.6 Å². The lowest BCUT2D eigenvalue weighted by atomic mass is 10.3. The second kappa shape index (κ2) is 7.16. The maximum Gasteiger partial charge on any atom is 0.221 e. The smallest absolute Gasteiger partial charge is 0.221 e. The number of aryl methyl sites for hydroxylation is 1. The monoisotopic (exact) mass is 252 g/mol. The van der Waals surface area contributed by atoms with Crippen molar-refractivity contribution in [3.05, 3.63) is 11.4 Å². The second-order valence-corrected chi connectivity index (χ2v) is 4.17. The van der Waals surface area contributed by atoms with Gasteiger partial charge in [0.1, 0.15) is 18.2 Å². The average molecular weight is 252 g/mol. The Morgan fingerprint density at radius 1 is 1.17 bits per heavy atom. The normalized spacial score (nSPS) is 10.8. The number of hydrogen-bond acceptors (Lipinski definition) is 5. The first-order chi connectivity index (χ1) is 8.62. The molecule has 5 nitrogen and oxygen atoms in total. The van der Waals surface area contributed by atoms with Crippen molar-refractivity contribution >= 4 is 5.82 Å². The number of likely N-dealkylation sites (N-methyl/N-ethyl adjacent to an activating group) is 1. The summed E-state index contributed by atoms with van der Waals surface area (Å²) in [5.41, 5.74) is 0.961. The first kappa shape index (κ1) is 14.7. The van der Waals surface area contributed by atoms with E-state index in [1.807, 2.05) is 20.9 Å². The van der Waals surface area contributed by atoms with Crippen molar-refractivity contribution in [2.24, 2.45) is 0 Å². The molecule has 0 radical (unpaired) electrons. The lowest BCUT2D eigenvalue weighted by Gasteiger charge is -2.18. The summed E-state index contributed by atoms with van der Waals surface area (Å²) in [4.78, 5) is 11.0. The highest BCUT2D eigenvalue weighted by Crippen LogP contribution is 2.21. The Balaban J connectivity index is 2.64. The van der Waals surface area contributed by atoms with Crippen LogP contribution in [0.1, 0.15) is 25.2 Å². The molecule has 0 aliphatic carbocycles. The molecule has 0 aromatic carbocycles. The minimum atomic E-state index is 0.655. The van der Waals surface area contributed by atoms with Gasteiger partial charge in [0.05, 0.1) is 5.56 Å². The first-order valence-corrected chi connectivity index (χ1v) is 6.50. The van der Waals surface area contributed by atoms with Crippen molar-refractivity contribution in [2.75, 3.05) is 38.6 Å². The number of rotatable bonds is 7. The molecule has 1 N–H and O–H groups in total. The predicted octanol–water partition coefficient (Wildman–Crippen LogP) is 1.86. The highest BCUT2D eigenvalue weighted by Gasteiger charge is 2.09. The third-order valence-corrected chi connectivity index (χ3v) is 2.99. The quantitative estimate of drug-likeness (QED) is 0.802. The molecular weight excluding hydrogens is 228 g/mol. The first-order valence-electron chi connectivity index (χ1n) is 6.50. The van der Waals surface area contributed by atoms with E-state index < -0.39 is 0 Å². The Kier molecular flexibility index (Phi) is 5.85. The van der Waals surface area contributed by atoms with Crippen LogP contribution in [0.4, 0.5) is 5.82 Å². The zero-order valence-corrected chi connectivity index (χ0v) is 12.1. The average Bonchev–Trinajstić information content (AvgIpc) is 2.38. The van der Waals surface area contributed by atoms with Gasteiger partial charge in [-0.3, -0.25) is 0 Å².